The lowest BCUT2D eigenvalue weighted by atomic mass is 10.2. The van der Waals surface area contributed by atoms with E-state index in [0.29, 0.717) is 37.4 Å². The molecule has 4 aromatic rings. The first kappa shape index (κ1) is 19.6. The minimum Gasteiger partial charge on any atom is -0.503 e. The highest BCUT2D eigenvalue weighted by Gasteiger charge is 2.25. The Hall–Kier alpha value is -3.36. The molecule has 0 saturated carbocycles. The highest BCUT2D eigenvalue weighted by molar-refractivity contribution is 7.90. The molecule has 158 valence electrons. The molecule has 0 amide bonds. The van der Waals surface area contributed by atoms with Crippen molar-refractivity contribution in [2.45, 2.75) is 24.5 Å². The maximum atomic E-state index is 13.5. The summed E-state index contributed by atoms with van der Waals surface area (Å²) in [6.45, 7) is 2.18. The van der Waals surface area contributed by atoms with E-state index >= 15 is 0 Å². The van der Waals surface area contributed by atoms with Gasteiger partial charge >= 0.3 is 0 Å². The zero-order chi connectivity index (χ0) is 21.6. The zero-order valence-electron chi connectivity index (χ0n) is 16.7. The molecule has 2 aromatic carbocycles. The fourth-order valence-electron chi connectivity index (χ4n) is 4.15. The molecular formula is C23H21N3O4S. The summed E-state index contributed by atoms with van der Waals surface area (Å²) in [6.07, 6.45) is 1.46. The summed E-state index contributed by atoms with van der Waals surface area (Å²) in [5, 5.41) is 10.5. The standard InChI is InChI=1S/C23H21N3O4S/c27-22-13-18-14-24(10-11-25(18)16-23(22)28)15-19-12-17-6-4-5-9-21(17)26(19)31(29,30)20-7-2-1-3-8-20/h1-9,12-13,16,28H,10-11,14-15H2. The SMILES string of the molecule is O=c1cc2n(cc1O)CCN(Cc1cc3ccccc3n1S(=O)(=O)c1ccccc1)C2. The fraction of sp³-hybridized carbons (Fsp3) is 0.174. The van der Waals surface area contributed by atoms with Crippen LogP contribution in [0.1, 0.15) is 11.4 Å². The van der Waals surface area contributed by atoms with Gasteiger partial charge in [-0.1, -0.05) is 36.4 Å². The van der Waals surface area contributed by atoms with Crippen LogP contribution < -0.4 is 5.43 Å². The largest absolute Gasteiger partial charge is 0.503 e. The molecule has 7 nitrogen and oxygen atoms in total. The molecule has 2 aromatic heterocycles. The number of nitrogens with zero attached hydrogens (tertiary/aromatic N) is 3. The van der Waals surface area contributed by atoms with Crippen LogP contribution in [0.5, 0.6) is 5.75 Å². The summed E-state index contributed by atoms with van der Waals surface area (Å²) < 4.78 is 30.3. The van der Waals surface area contributed by atoms with Crippen molar-refractivity contribution in [1.82, 2.24) is 13.4 Å². The lowest BCUT2D eigenvalue weighted by Crippen LogP contribution is -2.35. The van der Waals surface area contributed by atoms with E-state index in [1.165, 1.54) is 16.2 Å². The van der Waals surface area contributed by atoms with Crippen LogP contribution in [0, 0.1) is 0 Å². The lowest BCUT2D eigenvalue weighted by Gasteiger charge is -2.30. The fourth-order valence-corrected chi connectivity index (χ4v) is 5.70. The number of aromatic nitrogens is 2. The number of benzene rings is 2. The minimum atomic E-state index is -3.77. The number of rotatable bonds is 4. The van der Waals surface area contributed by atoms with Crippen molar-refractivity contribution in [3.63, 3.8) is 0 Å². The second-order valence-corrected chi connectivity index (χ2v) is 9.48. The molecule has 0 aliphatic carbocycles. The second kappa shape index (κ2) is 7.40. The highest BCUT2D eigenvalue weighted by Crippen LogP contribution is 2.27. The molecule has 0 bridgehead atoms. The monoisotopic (exact) mass is 435 g/mol. The first-order valence-corrected chi connectivity index (χ1v) is 11.4. The number of fused-ring (bicyclic) bond motifs is 2. The van der Waals surface area contributed by atoms with Crippen LogP contribution in [-0.2, 0) is 29.7 Å². The normalized spacial score (nSPS) is 14.6. The van der Waals surface area contributed by atoms with E-state index in [2.05, 4.69) is 4.90 Å². The molecule has 1 aliphatic heterocycles. The highest BCUT2D eigenvalue weighted by atomic mass is 32.2. The van der Waals surface area contributed by atoms with Gasteiger partial charge in [-0.2, -0.15) is 0 Å². The molecule has 8 heteroatoms. The Morgan fingerprint density at radius 1 is 0.935 bits per heavy atom. The van der Waals surface area contributed by atoms with Crippen molar-refractivity contribution in [3.8, 4) is 5.75 Å². The number of aromatic hydroxyl groups is 1. The van der Waals surface area contributed by atoms with Gasteiger partial charge in [0.1, 0.15) is 0 Å². The van der Waals surface area contributed by atoms with Gasteiger partial charge in [0.15, 0.2) is 5.75 Å². The second-order valence-electron chi connectivity index (χ2n) is 7.70. The predicted octanol–water partition coefficient (Wildman–Crippen LogP) is 2.76. The summed E-state index contributed by atoms with van der Waals surface area (Å²) in [5.74, 6) is -0.258. The number of hydrogen-bond donors (Lipinski definition) is 1. The molecule has 5 rings (SSSR count). The van der Waals surface area contributed by atoms with E-state index in [1.54, 1.807) is 30.3 Å². The van der Waals surface area contributed by atoms with Crippen LogP contribution >= 0.6 is 0 Å². The topological polar surface area (TPSA) is 84.5 Å². The van der Waals surface area contributed by atoms with E-state index in [4.69, 9.17) is 0 Å². The van der Waals surface area contributed by atoms with Crippen LogP contribution in [0.2, 0.25) is 0 Å². The van der Waals surface area contributed by atoms with Crippen LogP contribution in [0.25, 0.3) is 10.9 Å². The van der Waals surface area contributed by atoms with E-state index in [-0.39, 0.29) is 10.6 Å². The molecule has 0 atom stereocenters. The smallest absolute Gasteiger partial charge is 0.268 e. The van der Waals surface area contributed by atoms with Gasteiger partial charge in [0.2, 0.25) is 5.43 Å². The van der Waals surface area contributed by atoms with Gasteiger partial charge in [0.05, 0.1) is 16.6 Å². The van der Waals surface area contributed by atoms with E-state index in [0.717, 1.165) is 11.1 Å². The van der Waals surface area contributed by atoms with E-state index in [9.17, 15) is 18.3 Å². The van der Waals surface area contributed by atoms with Crippen molar-refractivity contribution >= 4 is 20.9 Å². The van der Waals surface area contributed by atoms with Gasteiger partial charge in [-0.25, -0.2) is 12.4 Å². The van der Waals surface area contributed by atoms with Crippen LogP contribution in [-0.4, -0.2) is 33.5 Å². The Kier molecular flexibility index (Phi) is 4.68. The summed E-state index contributed by atoms with van der Waals surface area (Å²) in [5.41, 5.74) is 1.69. The molecule has 3 heterocycles. The Bertz CT molecular complexity index is 1440. The Morgan fingerprint density at radius 2 is 1.68 bits per heavy atom. The summed E-state index contributed by atoms with van der Waals surface area (Å²) in [7, 11) is -3.77. The Morgan fingerprint density at radius 3 is 2.48 bits per heavy atom. The van der Waals surface area contributed by atoms with Crippen molar-refractivity contribution in [2.75, 3.05) is 6.54 Å². The third kappa shape index (κ3) is 3.43. The maximum Gasteiger partial charge on any atom is 0.268 e. The van der Waals surface area contributed by atoms with Crippen LogP contribution in [0.15, 0.2) is 82.6 Å². The zero-order valence-corrected chi connectivity index (χ0v) is 17.5. The van der Waals surface area contributed by atoms with Gasteiger partial charge in [-0.15, -0.1) is 0 Å². The summed E-state index contributed by atoms with van der Waals surface area (Å²) in [6, 6.07) is 19.2. The Labute approximate surface area is 179 Å². The molecule has 1 N–H and O–H groups in total. The molecule has 0 saturated heterocycles. The minimum absolute atomic E-state index is 0.239. The molecular weight excluding hydrogens is 414 g/mol. The average Bonchev–Trinajstić information content (AvgIpc) is 3.14. The summed E-state index contributed by atoms with van der Waals surface area (Å²) >= 11 is 0. The number of para-hydroxylation sites is 1. The quantitative estimate of drug-likeness (QED) is 0.533. The average molecular weight is 436 g/mol. The van der Waals surface area contributed by atoms with Gasteiger partial charge < -0.3 is 9.67 Å². The lowest BCUT2D eigenvalue weighted by molar-refractivity contribution is 0.207. The molecule has 1 aliphatic rings. The molecule has 0 radical (unpaired) electrons. The van der Waals surface area contributed by atoms with Crippen molar-refractivity contribution in [2.24, 2.45) is 0 Å². The first-order valence-electron chi connectivity index (χ1n) is 9.98. The van der Waals surface area contributed by atoms with Crippen LogP contribution in [0.4, 0.5) is 0 Å². The number of pyridine rings is 1. The molecule has 0 spiro atoms. The van der Waals surface area contributed by atoms with Gasteiger partial charge in [0, 0.05) is 49.0 Å². The Balaban J connectivity index is 1.56. The van der Waals surface area contributed by atoms with Gasteiger partial charge in [-0.3, -0.25) is 9.69 Å². The van der Waals surface area contributed by atoms with E-state index in [1.807, 2.05) is 34.9 Å². The van der Waals surface area contributed by atoms with Gasteiger partial charge in [0.25, 0.3) is 10.0 Å². The predicted molar refractivity (Wildman–Crippen MR) is 117 cm³/mol. The van der Waals surface area contributed by atoms with Gasteiger partial charge in [-0.05, 0) is 24.3 Å². The van der Waals surface area contributed by atoms with Crippen molar-refractivity contribution in [3.05, 3.63) is 94.5 Å². The van der Waals surface area contributed by atoms with E-state index < -0.39 is 15.5 Å². The number of hydrogen-bond acceptors (Lipinski definition) is 5. The molecule has 31 heavy (non-hydrogen) atoms. The third-order valence-electron chi connectivity index (χ3n) is 5.65. The van der Waals surface area contributed by atoms with Crippen molar-refractivity contribution < 1.29 is 13.5 Å². The van der Waals surface area contributed by atoms with Crippen LogP contribution in [0.3, 0.4) is 0 Å². The summed E-state index contributed by atoms with van der Waals surface area (Å²) in [4.78, 5) is 14.2. The maximum absolute atomic E-state index is 13.5. The molecule has 0 unspecified atom stereocenters. The first-order chi connectivity index (χ1) is 14.9. The third-order valence-corrected chi connectivity index (χ3v) is 7.43. The molecule has 0 fully saturated rings. The van der Waals surface area contributed by atoms with Crippen molar-refractivity contribution in [1.29, 1.82) is 0 Å².